The molecule has 1 fully saturated rings. The summed E-state index contributed by atoms with van der Waals surface area (Å²) in [6, 6.07) is 17.0. The Morgan fingerprint density at radius 1 is 1.07 bits per heavy atom. The molecule has 0 spiro atoms. The molecule has 6 nitrogen and oxygen atoms in total. The molecule has 2 N–H and O–H groups in total. The van der Waals surface area contributed by atoms with Crippen molar-refractivity contribution in [3.8, 4) is 6.07 Å². The molecule has 0 aromatic heterocycles. The number of hydrogen-bond donors (Lipinski definition) is 2. The van der Waals surface area contributed by atoms with Gasteiger partial charge < -0.3 is 5.32 Å². The van der Waals surface area contributed by atoms with Crippen LogP contribution in [-0.4, -0.2) is 19.9 Å². The van der Waals surface area contributed by atoms with Crippen LogP contribution >= 0.6 is 0 Å². The molecule has 2 aromatic carbocycles. The van der Waals surface area contributed by atoms with Gasteiger partial charge in [-0.1, -0.05) is 55.7 Å². The van der Waals surface area contributed by atoms with Crippen LogP contribution in [0.2, 0.25) is 0 Å². The van der Waals surface area contributed by atoms with Gasteiger partial charge in [-0.25, -0.2) is 13.1 Å². The van der Waals surface area contributed by atoms with Crippen LogP contribution < -0.4 is 10.0 Å². The smallest absolute Gasteiger partial charge is 0.252 e. The Labute approximate surface area is 172 Å². The summed E-state index contributed by atoms with van der Waals surface area (Å²) in [7, 11) is -3.81. The summed E-state index contributed by atoms with van der Waals surface area (Å²) in [5.41, 5.74) is 0.197. The number of nitrogens with one attached hydrogen (secondary N) is 2. The second kappa shape index (κ2) is 8.76. The maximum Gasteiger partial charge on any atom is 0.252 e. The fourth-order valence-corrected chi connectivity index (χ4v) is 4.90. The van der Waals surface area contributed by atoms with Crippen LogP contribution in [0, 0.1) is 11.3 Å². The number of nitriles is 1. The molecule has 0 bridgehead atoms. The van der Waals surface area contributed by atoms with E-state index in [0.717, 1.165) is 24.8 Å². The van der Waals surface area contributed by atoms with Crippen molar-refractivity contribution in [2.45, 2.75) is 55.5 Å². The molecule has 152 valence electrons. The van der Waals surface area contributed by atoms with Crippen molar-refractivity contribution in [3.63, 3.8) is 0 Å². The molecule has 1 saturated carbocycles. The Morgan fingerprint density at radius 3 is 2.41 bits per heavy atom. The Morgan fingerprint density at radius 2 is 1.76 bits per heavy atom. The summed E-state index contributed by atoms with van der Waals surface area (Å²) in [6.07, 6.45) is 4.07. The first-order chi connectivity index (χ1) is 13.9. The minimum absolute atomic E-state index is 0.0163. The predicted octanol–water partition coefficient (Wildman–Crippen LogP) is 3.68. The molecule has 2 aromatic rings. The van der Waals surface area contributed by atoms with Crippen molar-refractivity contribution in [3.05, 3.63) is 65.7 Å². The molecule has 1 atom stereocenters. The van der Waals surface area contributed by atoms with Gasteiger partial charge in [0.05, 0.1) is 11.0 Å². The molecule has 1 unspecified atom stereocenters. The first kappa shape index (κ1) is 21.0. The van der Waals surface area contributed by atoms with Gasteiger partial charge in [-0.15, -0.1) is 0 Å². The number of nitrogens with zero attached hydrogens (tertiary/aromatic N) is 1. The summed E-state index contributed by atoms with van der Waals surface area (Å²) in [5.74, 6) is -0.429. The third-order valence-corrected chi connectivity index (χ3v) is 6.85. The van der Waals surface area contributed by atoms with Crippen LogP contribution in [0.5, 0.6) is 0 Å². The minimum atomic E-state index is -3.81. The van der Waals surface area contributed by atoms with Crippen LogP contribution in [0.3, 0.4) is 0 Å². The number of carbonyl (C=O) groups is 1. The second-order valence-corrected chi connectivity index (χ2v) is 9.20. The third kappa shape index (κ3) is 5.03. The van der Waals surface area contributed by atoms with Gasteiger partial charge in [-0.2, -0.15) is 5.26 Å². The van der Waals surface area contributed by atoms with Crippen molar-refractivity contribution in [2.24, 2.45) is 0 Å². The molecule has 0 aliphatic heterocycles. The maximum atomic E-state index is 12.8. The van der Waals surface area contributed by atoms with Gasteiger partial charge in [-0.3, -0.25) is 4.79 Å². The standard InChI is InChI=1S/C22H25N3O3S/c1-17(18-9-4-2-5-10-18)25-29(27,28)20-12-8-11-19(15-20)21(26)24-22(16-23)13-6-3-7-14-22/h2,4-5,8-12,15,17,25H,3,6-7,13-14H2,1H3,(H,24,26). The lowest BCUT2D eigenvalue weighted by atomic mass is 9.82. The average molecular weight is 412 g/mol. The molecule has 3 rings (SSSR count). The number of hydrogen-bond acceptors (Lipinski definition) is 4. The Balaban J connectivity index is 1.77. The lowest BCUT2D eigenvalue weighted by Crippen LogP contribution is -2.48. The molecule has 1 aliphatic carbocycles. The van der Waals surface area contributed by atoms with Gasteiger partial charge in [0, 0.05) is 11.6 Å². The van der Waals surface area contributed by atoms with Gasteiger partial charge in [0.25, 0.3) is 5.91 Å². The summed E-state index contributed by atoms with van der Waals surface area (Å²) in [4.78, 5) is 12.7. The quantitative estimate of drug-likeness (QED) is 0.757. The van der Waals surface area contributed by atoms with E-state index in [0.29, 0.717) is 12.8 Å². The molecule has 0 heterocycles. The van der Waals surface area contributed by atoms with Gasteiger partial charge in [-0.05, 0) is 43.5 Å². The second-order valence-electron chi connectivity index (χ2n) is 7.49. The topological polar surface area (TPSA) is 99.1 Å². The largest absolute Gasteiger partial charge is 0.334 e. The van der Waals surface area contributed by atoms with E-state index in [1.165, 1.54) is 18.2 Å². The van der Waals surface area contributed by atoms with Crippen LogP contribution in [-0.2, 0) is 10.0 Å². The summed E-state index contributed by atoms with van der Waals surface area (Å²) < 4.78 is 28.3. The van der Waals surface area contributed by atoms with Gasteiger partial charge in [0.15, 0.2) is 0 Å². The first-order valence-electron chi connectivity index (χ1n) is 9.76. The van der Waals surface area contributed by atoms with E-state index in [1.54, 1.807) is 13.0 Å². The highest BCUT2D eigenvalue weighted by molar-refractivity contribution is 7.89. The van der Waals surface area contributed by atoms with Gasteiger partial charge in [0.1, 0.15) is 5.54 Å². The van der Waals surface area contributed by atoms with Crippen LogP contribution in [0.1, 0.15) is 61.0 Å². The molecule has 0 radical (unpaired) electrons. The fourth-order valence-electron chi connectivity index (χ4n) is 3.62. The van der Waals surface area contributed by atoms with E-state index in [1.807, 2.05) is 30.3 Å². The molecule has 7 heteroatoms. The first-order valence-corrected chi connectivity index (χ1v) is 11.2. The van der Waals surface area contributed by atoms with Crippen LogP contribution in [0.15, 0.2) is 59.5 Å². The van der Waals surface area contributed by atoms with E-state index in [4.69, 9.17) is 0 Å². The average Bonchev–Trinajstić information content (AvgIpc) is 2.75. The van der Waals surface area contributed by atoms with E-state index in [9.17, 15) is 18.5 Å². The Kier molecular flexibility index (Phi) is 6.36. The SMILES string of the molecule is CC(NS(=O)(=O)c1cccc(C(=O)NC2(C#N)CCCCC2)c1)c1ccccc1. The van der Waals surface area contributed by atoms with Crippen molar-refractivity contribution in [1.82, 2.24) is 10.0 Å². The van der Waals surface area contributed by atoms with E-state index >= 15 is 0 Å². The maximum absolute atomic E-state index is 12.8. The van der Waals surface area contributed by atoms with E-state index < -0.39 is 27.5 Å². The van der Waals surface area contributed by atoms with Crippen molar-refractivity contribution in [1.29, 1.82) is 5.26 Å². The van der Waals surface area contributed by atoms with E-state index in [2.05, 4.69) is 16.1 Å². The van der Waals surface area contributed by atoms with Crippen molar-refractivity contribution >= 4 is 15.9 Å². The molecular formula is C22H25N3O3S. The van der Waals surface area contributed by atoms with Gasteiger partial charge >= 0.3 is 0 Å². The number of benzene rings is 2. The third-order valence-electron chi connectivity index (χ3n) is 5.31. The monoisotopic (exact) mass is 411 g/mol. The highest BCUT2D eigenvalue weighted by Crippen LogP contribution is 2.28. The minimum Gasteiger partial charge on any atom is -0.334 e. The zero-order chi connectivity index (χ0) is 20.9. The molecule has 29 heavy (non-hydrogen) atoms. The number of sulfonamides is 1. The number of carbonyl (C=O) groups excluding carboxylic acids is 1. The lowest BCUT2D eigenvalue weighted by Gasteiger charge is -2.31. The molecule has 1 amide bonds. The zero-order valence-electron chi connectivity index (χ0n) is 16.4. The number of rotatable bonds is 6. The van der Waals surface area contributed by atoms with Crippen molar-refractivity contribution < 1.29 is 13.2 Å². The molecular weight excluding hydrogens is 386 g/mol. The zero-order valence-corrected chi connectivity index (χ0v) is 17.2. The summed E-state index contributed by atoms with van der Waals surface area (Å²) >= 11 is 0. The summed E-state index contributed by atoms with van der Waals surface area (Å²) in [5, 5.41) is 12.4. The highest BCUT2D eigenvalue weighted by atomic mass is 32.2. The Hall–Kier alpha value is -2.69. The normalized spacial score (nSPS) is 17.1. The molecule has 1 aliphatic rings. The van der Waals surface area contributed by atoms with Crippen LogP contribution in [0.25, 0.3) is 0 Å². The van der Waals surface area contributed by atoms with Crippen LogP contribution in [0.4, 0.5) is 0 Å². The number of amides is 1. The fraction of sp³-hybridized carbons (Fsp3) is 0.364. The molecule has 0 saturated heterocycles. The van der Waals surface area contributed by atoms with Gasteiger partial charge in [0.2, 0.25) is 10.0 Å². The Bertz CT molecular complexity index is 1010. The highest BCUT2D eigenvalue weighted by Gasteiger charge is 2.34. The van der Waals surface area contributed by atoms with Crippen molar-refractivity contribution in [2.75, 3.05) is 0 Å². The van der Waals surface area contributed by atoms with E-state index in [-0.39, 0.29) is 10.5 Å². The summed E-state index contributed by atoms with van der Waals surface area (Å²) in [6.45, 7) is 1.77. The lowest BCUT2D eigenvalue weighted by molar-refractivity contribution is 0.0902. The predicted molar refractivity (Wildman–Crippen MR) is 111 cm³/mol.